The van der Waals surface area contributed by atoms with Crippen LogP contribution in [0.15, 0.2) is 11.0 Å². The van der Waals surface area contributed by atoms with E-state index in [1.165, 1.54) is 13.2 Å². The standard InChI is InChI=1S/C9H13Cl2NO3S2/c1-3-6(5-15-2)12-17(13,14)7-4-8(10)16-9(7)11/h4,6,12H,3,5H2,1-2H3. The van der Waals surface area contributed by atoms with Gasteiger partial charge in [-0.15, -0.1) is 11.3 Å². The zero-order valence-electron chi connectivity index (χ0n) is 9.37. The minimum atomic E-state index is -3.64. The fraction of sp³-hybridized carbons (Fsp3) is 0.556. The number of hydrogen-bond donors (Lipinski definition) is 1. The summed E-state index contributed by atoms with van der Waals surface area (Å²) in [7, 11) is -2.12. The molecule has 0 aliphatic heterocycles. The Kier molecular flexibility index (Phi) is 5.69. The van der Waals surface area contributed by atoms with Crippen LogP contribution in [0, 0.1) is 0 Å². The normalized spacial score (nSPS) is 13.9. The first-order chi connectivity index (χ1) is 7.90. The molecule has 1 unspecified atom stereocenters. The van der Waals surface area contributed by atoms with Crippen LogP contribution in [0.4, 0.5) is 0 Å². The molecule has 1 rings (SSSR count). The fourth-order valence-corrected chi connectivity index (χ4v) is 4.68. The number of rotatable bonds is 6. The van der Waals surface area contributed by atoms with Crippen molar-refractivity contribution in [3.63, 3.8) is 0 Å². The number of halogens is 2. The molecule has 0 bridgehead atoms. The molecule has 98 valence electrons. The Morgan fingerprint density at radius 2 is 2.18 bits per heavy atom. The molecule has 4 nitrogen and oxygen atoms in total. The zero-order valence-corrected chi connectivity index (χ0v) is 12.5. The molecule has 0 saturated heterocycles. The summed E-state index contributed by atoms with van der Waals surface area (Å²) in [6.45, 7) is 2.18. The Balaban J connectivity index is 2.92. The van der Waals surface area contributed by atoms with E-state index in [0.29, 0.717) is 17.4 Å². The SMILES string of the molecule is CCC(COC)NS(=O)(=O)c1cc(Cl)sc1Cl. The van der Waals surface area contributed by atoms with Gasteiger partial charge in [0.15, 0.2) is 0 Å². The molecule has 1 aromatic heterocycles. The minimum absolute atomic E-state index is 0.0173. The minimum Gasteiger partial charge on any atom is -0.383 e. The highest BCUT2D eigenvalue weighted by atomic mass is 35.5. The van der Waals surface area contributed by atoms with Crippen molar-refractivity contribution in [2.24, 2.45) is 0 Å². The predicted molar refractivity (Wildman–Crippen MR) is 70.6 cm³/mol. The van der Waals surface area contributed by atoms with Crippen LogP contribution in [0.3, 0.4) is 0 Å². The Hall–Kier alpha value is 0.150. The molecule has 0 fully saturated rings. The lowest BCUT2D eigenvalue weighted by atomic mass is 10.3. The van der Waals surface area contributed by atoms with E-state index in [-0.39, 0.29) is 15.3 Å². The van der Waals surface area contributed by atoms with Crippen LogP contribution in [-0.2, 0) is 14.8 Å². The molecule has 8 heteroatoms. The summed E-state index contributed by atoms with van der Waals surface area (Å²) in [6, 6.07) is 1.07. The van der Waals surface area contributed by atoms with Gasteiger partial charge in [0.2, 0.25) is 10.0 Å². The van der Waals surface area contributed by atoms with Crippen LogP contribution < -0.4 is 4.72 Å². The maximum Gasteiger partial charge on any atom is 0.243 e. The van der Waals surface area contributed by atoms with Crippen LogP contribution in [0.25, 0.3) is 0 Å². The summed E-state index contributed by atoms with van der Waals surface area (Å²) in [5, 5.41) is 0. The molecule has 1 atom stereocenters. The number of nitrogens with one attached hydrogen (secondary N) is 1. The third-order valence-corrected chi connectivity index (χ3v) is 5.37. The third-order valence-electron chi connectivity index (χ3n) is 2.10. The Morgan fingerprint density at radius 3 is 2.59 bits per heavy atom. The maximum absolute atomic E-state index is 12.0. The van der Waals surface area contributed by atoms with E-state index < -0.39 is 10.0 Å². The topological polar surface area (TPSA) is 55.4 Å². The maximum atomic E-state index is 12.0. The fourth-order valence-electron chi connectivity index (χ4n) is 1.23. The number of methoxy groups -OCH3 is 1. The van der Waals surface area contributed by atoms with Gasteiger partial charge in [0.25, 0.3) is 0 Å². The molecule has 0 spiro atoms. The van der Waals surface area contributed by atoms with E-state index >= 15 is 0 Å². The van der Waals surface area contributed by atoms with Crippen molar-refractivity contribution < 1.29 is 13.2 Å². The molecule has 0 aliphatic carbocycles. The molecule has 0 saturated carbocycles. The number of thiophene rings is 1. The van der Waals surface area contributed by atoms with Crippen LogP contribution >= 0.6 is 34.5 Å². The Morgan fingerprint density at radius 1 is 1.53 bits per heavy atom. The molecular formula is C9H13Cl2NO3S2. The second-order valence-electron chi connectivity index (χ2n) is 3.37. The summed E-state index contributed by atoms with van der Waals surface area (Å²) in [5.41, 5.74) is 0. The highest BCUT2D eigenvalue weighted by molar-refractivity contribution is 7.89. The van der Waals surface area contributed by atoms with Crippen molar-refractivity contribution in [1.82, 2.24) is 4.72 Å². The molecule has 1 heterocycles. The van der Waals surface area contributed by atoms with E-state index in [1.807, 2.05) is 6.92 Å². The van der Waals surface area contributed by atoms with Gasteiger partial charge in [-0.2, -0.15) is 0 Å². The van der Waals surface area contributed by atoms with Crippen LogP contribution in [-0.4, -0.2) is 28.2 Å². The lowest BCUT2D eigenvalue weighted by Crippen LogP contribution is -2.37. The van der Waals surface area contributed by atoms with Crippen LogP contribution in [0.5, 0.6) is 0 Å². The van der Waals surface area contributed by atoms with Crippen molar-refractivity contribution in [1.29, 1.82) is 0 Å². The first-order valence-corrected chi connectivity index (χ1v) is 7.92. The van der Waals surface area contributed by atoms with Crippen LogP contribution in [0.1, 0.15) is 13.3 Å². The van der Waals surface area contributed by atoms with E-state index in [4.69, 9.17) is 27.9 Å². The Labute approximate surface area is 115 Å². The molecule has 1 aromatic rings. The number of sulfonamides is 1. The third kappa shape index (κ3) is 4.08. The van der Waals surface area contributed by atoms with Crippen molar-refractivity contribution in [3.05, 3.63) is 14.7 Å². The van der Waals surface area contributed by atoms with E-state index in [1.54, 1.807) is 0 Å². The summed E-state index contributed by atoms with van der Waals surface area (Å²) in [5.74, 6) is 0. The average molecular weight is 318 g/mol. The molecule has 1 N–H and O–H groups in total. The largest absolute Gasteiger partial charge is 0.383 e. The zero-order chi connectivity index (χ0) is 13.1. The lowest BCUT2D eigenvalue weighted by Gasteiger charge is -2.15. The van der Waals surface area contributed by atoms with E-state index in [2.05, 4.69) is 4.72 Å². The van der Waals surface area contributed by atoms with Gasteiger partial charge in [0, 0.05) is 13.2 Å². The van der Waals surface area contributed by atoms with Crippen LogP contribution in [0.2, 0.25) is 8.67 Å². The van der Waals surface area contributed by atoms with Gasteiger partial charge in [-0.1, -0.05) is 30.1 Å². The highest BCUT2D eigenvalue weighted by Crippen LogP contribution is 2.34. The average Bonchev–Trinajstić information content (AvgIpc) is 2.57. The molecule has 17 heavy (non-hydrogen) atoms. The molecule has 0 aliphatic rings. The summed E-state index contributed by atoms with van der Waals surface area (Å²) < 4.78 is 32.0. The second-order valence-corrected chi connectivity index (χ2v) is 7.34. The second kappa shape index (κ2) is 6.36. The van der Waals surface area contributed by atoms with E-state index in [9.17, 15) is 8.42 Å². The number of ether oxygens (including phenoxy) is 1. The van der Waals surface area contributed by atoms with Gasteiger partial charge in [-0.25, -0.2) is 13.1 Å². The van der Waals surface area contributed by atoms with Crippen molar-refractivity contribution in [2.75, 3.05) is 13.7 Å². The molecule has 0 aromatic carbocycles. The summed E-state index contributed by atoms with van der Waals surface area (Å²) in [6.07, 6.45) is 0.628. The van der Waals surface area contributed by atoms with Gasteiger partial charge >= 0.3 is 0 Å². The molecule has 0 radical (unpaired) electrons. The quantitative estimate of drug-likeness (QED) is 0.877. The summed E-state index contributed by atoms with van der Waals surface area (Å²) in [4.78, 5) is 0.0173. The van der Waals surface area contributed by atoms with Crippen molar-refractivity contribution in [2.45, 2.75) is 24.3 Å². The summed E-state index contributed by atoms with van der Waals surface area (Å²) >= 11 is 12.6. The first-order valence-electron chi connectivity index (χ1n) is 4.86. The van der Waals surface area contributed by atoms with Crippen molar-refractivity contribution in [3.8, 4) is 0 Å². The highest BCUT2D eigenvalue weighted by Gasteiger charge is 2.23. The van der Waals surface area contributed by atoms with E-state index in [0.717, 1.165) is 11.3 Å². The van der Waals surface area contributed by atoms with Gasteiger partial charge in [0.05, 0.1) is 10.9 Å². The van der Waals surface area contributed by atoms with Gasteiger partial charge in [-0.3, -0.25) is 0 Å². The first kappa shape index (κ1) is 15.2. The smallest absolute Gasteiger partial charge is 0.243 e. The Bertz CT molecular complexity index is 473. The van der Waals surface area contributed by atoms with Gasteiger partial charge in [-0.05, 0) is 12.5 Å². The van der Waals surface area contributed by atoms with Gasteiger partial charge in [0.1, 0.15) is 9.23 Å². The van der Waals surface area contributed by atoms with Gasteiger partial charge < -0.3 is 4.74 Å². The number of hydrogen-bond acceptors (Lipinski definition) is 4. The lowest BCUT2D eigenvalue weighted by molar-refractivity contribution is 0.173. The predicted octanol–water partition coefficient (Wildman–Crippen LogP) is 2.76. The molecule has 0 amide bonds. The monoisotopic (exact) mass is 317 g/mol. The molecular weight excluding hydrogens is 305 g/mol. The van der Waals surface area contributed by atoms with Crippen molar-refractivity contribution >= 4 is 44.6 Å².